The van der Waals surface area contributed by atoms with Gasteiger partial charge < -0.3 is 0 Å². The summed E-state index contributed by atoms with van der Waals surface area (Å²) in [6.07, 6.45) is 0. The molecule has 1 aromatic carbocycles. The van der Waals surface area contributed by atoms with Crippen molar-refractivity contribution in [2.24, 2.45) is 0 Å². The first-order valence-corrected chi connectivity index (χ1v) is 4.83. The van der Waals surface area contributed by atoms with Crippen molar-refractivity contribution in [3.63, 3.8) is 0 Å². The lowest BCUT2D eigenvalue weighted by molar-refractivity contribution is 0.358. The van der Waals surface area contributed by atoms with E-state index in [2.05, 4.69) is 6.07 Å². The first-order chi connectivity index (χ1) is 6.57. The van der Waals surface area contributed by atoms with E-state index in [1.54, 1.807) is 23.1 Å². The van der Waals surface area contributed by atoms with Gasteiger partial charge in [0.1, 0.15) is 6.04 Å². The minimum absolute atomic E-state index is 0.406. The Bertz CT molecular complexity index is 349. The first-order valence-electron chi connectivity index (χ1n) is 4.08. The molecular weight excluding hydrogens is 219 g/mol. The van der Waals surface area contributed by atoms with Gasteiger partial charge >= 0.3 is 0 Å². The largest absolute Gasteiger partial charge is 0.290 e. The Morgan fingerprint density at radius 2 is 1.79 bits per heavy atom. The highest BCUT2D eigenvalue weighted by atomic mass is 35.5. The van der Waals surface area contributed by atoms with E-state index < -0.39 is 6.04 Å². The average molecular weight is 229 g/mol. The van der Waals surface area contributed by atoms with Crippen LogP contribution in [0.4, 0.5) is 0 Å². The highest BCUT2D eigenvalue weighted by molar-refractivity contribution is 6.36. The van der Waals surface area contributed by atoms with Crippen molar-refractivity contribution in [1.82, 2.24) is 4.90 Å². The van der Waals surface area contributed by atoms with E-state index in [0.717, 1.165) is 0 Å². The van der Waals surface area contributed by atoms with E-state index >= 15 is 0 Å². The standard InChI is InChI=1S/C10H10Cl2N2/c1-14(2)9(6-13)10-7(11)4-3-5-8(10)12/h3-5,9H,1-2H3. The average Bonchev–Trinajstić information content (AvgIpc) is 2.10. The summed E-state index contributed by atoms with van der Waals surface area (Å²) >= 11 is 12.0. The molecule has 1 unspecified atom stereocenters. The molecule has 0 heterocycles. The summed E-state index contributed by atoms with van der Waals surface area (Å²) in [5.41, 5.74) is 0.670. The maximum Gasteiger partial charge on any atom is 0.126 e. The number of rotatable bonds is 2. The van der Waals surface area contributed by atoms with E-state index in [0.29, 0.717) is 15.6 Å². The predicted molar refractivity (Wildman–Crippen MR) is 58.5 cm³/mol. The lowest BCUT2D eigenvalue weighted by Gasteiger charge is -2.19. The summed E-state index contributed by atoms with van der Waals surface area (Å²) in [5.74, 6) is 0. The van der Waals surface area contributed by atoms with E-state index in [4.69, 9.17) is 28.5 Å². The SMILES string of the molecule is CN(C)C(C#N)c1c(Cl)cccc1Cl. The number of halogens is 2. The zero-order valence-electron chi connectivity index (χ0n) is 7.96. The lowest BCUT2D eigenvalue weighted by Crippen LogP contribution is -2.18. The maximum absolute atomic E-state index is 8.99. The van der Waals surface area contributed by atoms with E-state index in [9.17, 15) is 0 Å². The second-order valence-electron chi connectivity index (χ2n) is 3.13. The fourth-order valence-electron chi connectivity index (χ4n) is 1.21. The van der Waals surface area contributed by atoms with Gasteiger partial charge in [0.05, 0.1) is 6.07 Å². The van der Waals surface area contributed by atoms with Gasteiger partial charge in [0.2, 0.25) is 0 Å². The molecule has 1 atom stereocenters. The number of benzene rings is 1. The molecule has 0 aliphatic heterocycles. The summed E-state index contributed by atoms with van der Waals surface area (Å²) in [7, 11) is 3.63. The molecule has 0 aliphatic rings. The molecule has 0 saturated heterocycles. The third-order valence-corrected chi connectivity index (χ3v) is 2.57. The van der Waals surface area contributed by atoms with Crippen molar-refractivity contribution in [1.29, 1.82) is 5.26 Å². The van der Waals surface area contributed by atoms with E-state index in [-0.39, 0.29) is 0 Å². The van der Waals surface area contributed by atoms with Gasteiger partial charge in [0.15, 0.2) is 0 Å². The molecule has 0 aromatic heterocycles. The van der Waals surface area contributed by atoms with Crippen molar-refractivity contribution < 1.29 is 0 Å². The molecule has 0 spiro atoms. The summed E-state index contributed by atoms with van der Waals surface area (Å²) in [6.45, 7) is 0. The highest BCUT2D eigenvalue weighted by Gasteiger charge is 2.19. The fourth-order valence-corrected chi connectivity index (χ4v) is 1.81. The Morgan fingerprint density at radius 1 is 1.29 bits per heavy atom. The van der Waals surface area contributed by atoms with E-state index in [1.807, 2.05) is 14.1 Å². The Hall–Kier alpha value is -0.750. The van der Waals surface area contributed by atoms with Crippen molar-refractivity contribution >= 4 is 23.2 Å². The normalized spacial score (nSPS) is 12.6. The number of hydrogen-bond donors (Lipinski definition) is 0. The molecule has 0 aliphatic carbocycles. The van der Waals surface area contributed by atoms with Crippen LogP contribution in [0.2, 0.25) is 10.0 Å². The first kappa shape index (κ1) is 11.3. The van der Waals surface area contributed by atoms with Gasteiger partial charge in [-0.1, -0.05) is 29.3 Å². The van der Waals surface area contributed by atoms with Gasteiger partial charge in [0.25, 0.3) is 0 Å². The maximum atomic E-state index is 8.99. The van der Waals surface area contributed by atoms with E-state index in [1.165, 1.54) is 0 Å². The van der Waals surface area contributed by atoms with Gasteiger partial charge in [-0.25, -0.2) is 0 Å². The van der Waals surface area contributed by atoms with Gasteiger partial charge in [-0.2, -0.15) is 5.26 Å². The van der Waals surface area contributed by atoms with Crippen molar-refractivity contribution in [3.05, 3.63) is 33.8 Å². The zero-order valence-corrected chi connectivity index (χ0v) is 9.47. The zero-order chi connectivity index (χ0) is 10.7. The Balaban J connectivity index is 3.24. The molecule has 0 fully saturated rings. The van der Waals surface area contributed by atoms with Gasteiger partial charge in [0, 0.05) is 15.6 Å². The molecule has 1 rings (SSSR count). The van der Waals surface area contributed by atoms with Crippen LogP contribution in [0.5, 0.6) is 0 Å². The smallest absolute Gasteiger partial charge is 0.126 e. The number of hydrogen-bond acceptors (Lipinski definition) is 2. The van der Waals surface area contributed by atoms with Gasteiger partial charge in [-0.05, 0) is 26.2 Å². The summed E-state index contributed by atoms with van der Waals surface area (Å²) in [5, 5.41) is 10.0. The lowest BCUT2D eigenvalue weighted by atomic mass is 10.1. The molecule has 0 radical (unpaired) electrons. The Morgan fingerprint density at radius 3 is 2.14 bits per heavy atom. The van der Waals surface area contributed by atoms with Crippen LogP contribution in [0.25, 0.3) is 0 Å². The fraction of sp³-hybridized carbons (Fsp3) is 0.300. The minimum atomic E-state index is -0.406. The molecule has 74 valence electrons. The van der Waals surface area contributed by atoms with Crippen molar-refractivity contribution in [2.45, 2.75) is 6.04 Å². The van der Waals surface area contributed by atoms with Crippen LogP contribution in [0.1, 0.15) is 11.6 Å². The number of nitrogens with zero attached hydrogens (tertiary/aromatic N) is 2. The van der Waals surface area contributed by atoms with Crippen LogP contribution >= 0.6 is 23.2 Å². The van der Waals surface area contributed by atoms with Crippen LogP contribution in [-0.4, -0.2) is 19.0 Å². The molecule has 4 heteroatoms. The summed E-state index contributed by atoms with van der Waals surface area (Å²) < 4.78 is 0. The van der Waals surface area contributed by atoms with Crippen molar-refractivity contribution in [3.8, 4) is 6.07 Å². The Kier molecular flexibility index (Phi) is 3.77. The predicted octanol–water partition coefficient (Wildman–Crippen LogP) is 3.12. The van der Waals surface area contributed by atoms with Gasteiger partial charge in [-0.15, -0.1) is 0 Å². The molecule has 0 saturated carbocycles. The minimum Gasteiger partial charge on any atom is -0.290 e. The highest BCUT2D eigenvalue weighted by Crippen LogP contribution is 2.31. The van der Waals surface area contributed by atoms with Crippen LogP contribution in [0.15, 0.2) is 18.2 Å². The molecule has 0 bridgehead atoms. The molecule has 2 nitrogen and oxygen atoms in total. The third-order valence-electron chi connectivity index (χ3n) is 1.91. The van der Waals surface area contributed by atoms with Crippen LogP contribution in [-0.2, 0) is 0 Å². The number of nitriles is 1. The molecular formula is C10H10Cl2N2. The third kappa shape index (κ3) is 2.19. The van der Waals surface area contributed by atoms with Crippen molar-refractivity contribution in [2.75, 3.05) is 14.1 Å². The van der Waals surface area contributed by atoms with Crippen LogP contribution < -0.4 is 0 Å². The molecule has 0 N–H and O–H groups in total. The summed E-state index contributed by atoms with van der Waals surface area (Å²) in [6, 6.07) is 6.98. The second kappa shape index (κ2) is 4.65. The quantitative estimate of drug-likeness (QED) is 0.778. The summed E-state index contributed by atoms with van der Waals surface area (Å²) in [4.78, 5) is 1.77. The molecule has 0 amide bonds. The monoisotopic (exact) mass is 228 g/mol. The second-order valence-corrected chi connectivity index (χ2v) is 3.94. The molecule has 1 aromatic rings. The van der Waals surface area contributed by atoms with Crippen LogP contribution in [0.3, 0.4) is 0 Å². The molecule has 14 heavy (non-hydrogen) atoms. The Labute approximate surface area is 93.7 Å². The van der Waals surface area contributed by atoms with Gasteiger partial charge in [-0.3, -0.25) is 4.90 Å². The topological polar surface area (TPSA) is 27.0 Å². The van der Waals surface area contributed by atoms with Crippen LogP contribution in [0, 0.1) is 11.3 Å².